The number of hydrogen-bond acceptors (Lipinski definition) is 3. The van der Waals surface area contributed by atoms with Gasteiger partial charge in [-0.1, -0.05) is 30.3 Å². The minimum atomic E-state index is -3.15. The second kappa shape index (κ2) is 7.86. The zero-order valence-corrected chi connectivity index (χ0v) is 16.9. The van der Waals surface area contributed by atoms with Gasteiger partial charge in [0.15, 0.2) is 0 Å². The summed E-state index contributed by atoms with van der Waals surface area (Å²) < 4.78 is 26.8. The van der Waals surface area contributed by atoms with Crippen molar-refractivity contribution in [3.05, 3.63) is 58.9 Å². The van der Waals surface area contributed by atoms with Crippen LogP contribution in [0.1, 0.15) is 40.2 Å². The number of piperidine rings is 1. The zero-order valence-electron chi connectivity index (χ0n) is 16.1. The molecular formula is C20H27N3O3S. The van der Waals surface area contributed by atoms with Gasteiger partial charge in [-0.25, -0.2) is 12.7 Å². The predicted molar refractivity (Wildman–Crippen MR) is 106 cm³/mol. The van der Waals surface area contributed by atoms with Crippen molar-refractivity contribution >= 4 is 15.9 Å². The lowest BCUT2D eigenvalue weighted by Gasteiger charge is -2.30. The van der Waals surface area contributed by atoms with Crippen molar-refractivity contribution in [3.8, 4) is 0 Å². The Balaban J connectivity index is 1.67. The van der Waals surface area contributed by atoms with Crippen molar-refractivity contribution in [2.45, 2.75) is 39.3 Å². The molecule has 146 valence electrons. The summed E-state index contributed by atoms with van der Waals surface area (Å²) in [7, 11) is -3.15. The molecule has 0 bridgehead atoms. The van der Waals surface area contributed by atoms with Crippen LogP contribution in [-0.4, -0.2) is 48.6 Å². The van der Waals surface area contributed by atoms with E-state index in [0.717, 1.165) is 17.9 Å². The predicted octanol–water partition coefficient (Wildman–Crippen LogP) is 2.31. The number of amides is 1. The summed E-state index contributed by atoms with van der Waals surface area (Å²) in [5.41, 5.74) is 3.88. The highest BCUT2D eigenvalue weighted by molar-refractivity contribution is 7.88. The number of carbonyl (C=O) groups excluding carboxylic acids is 1. The van der Waals surface area contributed by atoms with Gasteiger partial charge in [-0.15, -0.1) is 0 Å². The van der Waals surface area contributed by atoms with Crippen molar-refractivity contribution < 1.29 is 13.2 Å². The van der Waals surface area contributed by atoms with Gasteiger partial charge in [-0.05, 0) is 38.3 Å². The second-order valence-electron chi connectivity index (χ2n) is 7.27. The number of aromatic nitrogens is 1. The normalized spacial score (nSPS) is 16.4. The Kier molecular flexibility index (Phi) is 5.72. The Morgan fingerprint density at radius 2 is 1.78 bits per heavy atom. The quantitative estimate of drug-likeness (QED) is 0.853. The molecule has 2 heterocycles. The summed E-state index contributed by atoms with van der Waals surface area (Å²) >= 11 is 0. The van der Waals surface area contributed by atoms with Crippen LogP contribution in [0.25, 0.3) is 0 Å². The number of rotatable bonds is 5. The van der Waals surface area contributed by atoms with Crippen LogP contribution in [0.15, 0.2) is 36.4 Å². The first-order valence-electron chi connectivity index (χ1n) is 9.22. The Morgan fingerprint density at radius 3 is 2.37 bits per heavy atom. The molecule has 0 unspecified atom stereocenters. The maximum Gasteiger partial charge on any atom is 0.253 e. The zero-order chi connectivity index (χ0) is 19.6. The van der Waals surface area contributed by atoms with Gasteiger partial charge in [0, 0.05) is 37.1 Å². The summed E-state index contributed by atoms with van der Waals surface area (Å²) in [5.74, 6) is -0.0831. The molecule has 7 heteroatoms. The Morgan fingerprint density at radius 1 is 1.15 bits per heavy atom. The molecule has 0 atom stereocenters. The molecule has 1 aromatic carbocycles. The largest absolute Gasteiger partial charge is 0.349 e. The van der Waals surface area contributed by atoms with E-state index in [0.29, 0.717) is 31.5 Å². The van der Waals surface area contributed by atoms with Gasteiger partial charge in [-0.3, -0.25) is 4.79 Å². The van der Waals surface area contributed by atoms with E-state index in [1.54, 1.807) is 0 Å². The maximum atomic E-state index is 12.8. The first-order valence-corrected chi connectivity index (χ1v) is 11.1. The molecule has 1 N–H and O–H groups in total. The molecular weight excluding hydrogens is 362 g/mol. The Labute approximate surface area is 161 Å². The molecule has 0 spiro atoms. The second-order valence-corrected chi connectivity index (χ2v) is 9.25. The van der Waals surface area contributed by atoms with Crippen molar-refractivity contribution in [2.24, 2.45) is 0 Å². The molecule has 1 aliphatic rings. The first kappa shape index (κ1) is 19.6. The lowest BCUT2D eigenvalue weighted by molar-refractivity contribution is 0.0923. The number of aryl methyl sites for hydroxylation is 1. The van der Waals surface area contributed by atoms with Crippen LogP contribution in [-0.2, 0) is 16.6 Å². The van der Waals surface area contributed by atoms with E-state index in [2.05, 4.69) is 22.0 Å². The SMILES string of the molecule is Cc1cc(C(=O)NC2CCN(S(C)(=O)=O)CC2)c(C)n1Cc1ccccc1. The molecule has 1 aliphatic heterocycles. The molecule has 0 saturated carbocycles. The minimum absolute atomic E-state index is 0.00711. The fraction of sp³-hybridized carbons (Fsp3) is 0.450. The smallest absolute Gasteiger partial charge is 0.253 e. The van der Waals surface area contributed by atoms with Crippen LogP contribution in [0.3, 0.4) is 0 Å². The number of nitrogens with zero attached hydrogens (tertiary/aromatic N) is 2. The first-order chi connectivity index (χ1) is 12.8. The lowest BCUT2D eigenvalue weighted by Crippen LogP contribution is -2.46. The van der Waals surface area contributed by atoms with E-state index in [1.807, 2.05) is 38.1 Å². The molecule has 1 aromatic heterocycles. The van der Waals surface area contributed by atoms with Crippen molar-refractivity contribution in [1.82, 2.24) is 14.2 Å². The van der Waals surface area contributed by atoms with E-state index < -0.39 is 10.0 Å². The average Bonchev–Trinajstić information content (AvgIpc) is 2.91. The summed E-state index contributed by atoms with van der Waals surface area (Å²) in [6, 6.07) is 12.1. The fourth-order valence-electron chi connectivity index (χ4n) is 3.64. The summed E-state index contributed by atoms with van der Waals surface area (Å²) in [4.78, 5) is 12.8. The molecule has 2 aromatic rings. The number of nitrogens with one attached hydrogen (secondary N) is 1. The van der Waals surface area contributed by atoms with Gasteiger partial charge in [0.05, 0.1) is 11.8 Å². The molecule has 27 heavy (non-hydrogen) atoms. The van der Waals surface area contributed by atoms with Crippen LogP contribution in [0, 0.1) is 13.8 Å². The van der Waals surface area contributed by atoms with Crippen LogP contribution in [0.2, 0.25) is 0 Å². The highest BCUT2D eigenvalue weighted by atomic mass is 32.2. The van der Waals surface area contributed by atoms with Gasteiger partial charge < -0.3 is 9.88 Å². The standard InChI is InChI=1S/C20H27N3O3S/c1-15-13-19(16(2)23(15)14-17-7-5-4-6-8-17)20(24)21-18-9-11-22(12-10-18)27(3,25)26/h4-8,13,18H,9-12,14H2,1-3H3,(H,21,24). The summed E-state index contributed by atoms with van der Waals surface area (Å²) in [5, 5.41) is 3.08. The summed E-state index contributed by atoms with van der Waals surface area (Å²) in [6.45, 7) is 5.63. The minimum Gasteiger partial charge on any atom is -0.349 e. The third-order valence-corrected chi connectivity index (χ3v) is 6.56. The highest BCUT2D eigenvalue weighted by Crippen LogP contribution is 2.19. The molecule has 1 amide bonds. The van der Waals surface area contributed by atoms with Crippen LogP contribution >= 0.6 is 0 Å². The molecule has 0 radical (unpaired) electrons. The summed E-state index contributed by atoms with van der Waals surface area (Å²) in [6.07, 6.45) is 2.51. The number of carbonyl (C=O) groups is 1. The van der Waals surface area contributed by atoms with Crippen LogP contribution in [0.4, 0.5) is 0 Å². The third kappa shape index (κ3) is 4.59. The van der Waals surface area contributed by atoms with Crippen LogP contribution < -0.4 is 5.32 Å². The monoisotopic (exact) mass is 389 g/mol. The topological polar surface area (TPSA) is 71.4 Å². The van der Waals surface area contributed by atoms with E-state index in [1.165, 1.54) is 16.1 Å². The Hall–Kier alpha value is -2.12. The number of benzene rings is 1. The Bertz CT molecular complexity index is 911. The molecule has 3 rings (SSSR count). The van der Waals surface area contributed by atoms with E-state index in [9.17, 15) is 13.2 Å². The molecule has 1 saturated heterocycles. The highest BCUT2D eigenvalue weighted by Gasteiger charge is 2.26. The van der Waals surface area contributed by atoms with E-state index in [4.69, 9.17) is 0 Å². The van der Waals surface area contributed by atoms with Gasteiger partial charge in [0.25, 0.3) is 5.91 Å². The van der Waals surface area contributed by atoms with Gasteiger partial charge in [-0.2, -0.15) is 0 Å². The molecule has 1 fully saturated rings. The van der Waals surface area contributed by atoms with Gasteiger partial charge >= 0.3 is 0 Å². The fourth-order valence-corrected chi connectivity index (χ4v) is 4.51. The maximum absolute atomic E-state index is 12.8. The van der Waals surface area contributed by atoms with E-state index >= 15 is 0 Å². The van der Waals surface area contributed by atoms with Gasteiger partial charge in [0.2, 0.25) is 10.0 Å². The number of sulfonamides is 1. The van der Waals surface area contributed by atoms with Crippen molar-refractivity contribution in [1.29, 1.82) is 0 Å². The number of hydrogen-bond donors (Lipinski definition) is 1. The lowest BCUT2D eigenvalue weighted by atomic mass is 10.1. The van der Waals surface area contributed by atoms with Crippen molar-refractivity contribution in [3.63, 3.8) is 0 Å². The van der Waals surface area contributed by atoms with Gasteiger partial charge in [0.1, 0.15) is 0 Å². The van der Waals surface area contributed by atoms with Crippen molar-refractivity contribution in [2.75, 3.05) is 19.3 Å². The van der Waals surface area contributed by atoms with E-state index in [-0.39, 0.29) is 11.9 Å². The van der Waals surface area contributed by atoms with Crippen LogP contribution in [0.5, 0.6) is 0 Å². The third-order valence-electron chi connectivity index (χ3n) is 5.26. The average molecular weight is 390 g/mol. The molecule has 0 aliphatic carbocycles. The molecule has 6 nitrogen and oxygen atoms in total.